The highest BCUT2D eigenvalue weighted by Crippen LogP contribution is 2.13. The zero-order valence-electron chi connectivity index (χ0n) is 11.5. The van der Waals surface area contributed by atoms with Crippen LogP contribution in [0.4, 0.5) is 0 Å². The fraction of sp³-hybridized carbons (Fsp3) is 0.375. The first-order valence-electron chi connectivity index (χ1n) is 6.64. The second-order valence-electron chi connectivity index (χ2n) is 4.91. The lowest BCUT2D eigenvalue weighted by atomic mass is 10.1. The Labute approximate surface area is 114 Å². The molecule has 0 amide bonds. The average molecular weight is 259 g/mol. The summed E-state index contributed by atoms with van der Waals surface area (Å²) in [5.74, 6) is 1.88. The van der Waals surface area contributed by atoms with Gasteiger partial charge in [0.05, 0.1) is 6.10 Å². The maximum atomic E-state index is 9.97. The summed E-state index contributed by atoms with van der Waals surface area (Å²) in [6.07, 6.45) is 0.313. The minimum absolute atomic E-state index is 0.365. The van der Waals surface area contributed by atoms with Crippen LogP contribution in [0.2, 0.25) is 0 Å². The Balaban J connectivity index is 1.75. The number of rotatable bonds is 6. The average Bonchev–Trinajstić information content (AvgIpc) is 2.69. The molecular weight excluding hydrogens is 238 g/mol. The van der Waals surface area contributed by atoms with E-state index in [9.17, 15) is 5.11 Å². The molecule has 0 fully saturated rings. The lowest BCUT2D eigenvalue weighted by Gasteiger charge is -2.11. The predicted octanol–water partition coefficient (Wildman–Crippen LogP) is 2.59. The summed E-state index contributed by atoms with van der Waals surface area (Å²) in [5, 5.41) is 13.2. The lowest BCUT2D eigenvalue weighted by Crippen LogP contribution is -2.28. The van der Waals surface area contributed by atoms with E-state index in [0.29, 0.717) is 13.0 Å². The van der Waals surface area contributed by atoms with Gasteiger partial charge in [0.2, 0.25) is 0 Å². The van der Waals surface area contributed by atoms with Crippen molar-refractivity contribution in [1.29, 1.82) is 0 Å². The van der Waals surface area contributed by atoms with Crippen LogP contribution in [-0.2, 0) is 13.0 Å². The van der Waals surface area contributed by atoms with Crippen molar-refractivity contribution in [2.45, 2.75) is 32.9 Å². The van der Waals surface area contributed by atoms with Crippen molar-refractivity contribution in [2.24, 2.45) is 0 Å². The van der Waals surface area contributed by atoms with Crippen molar-refractivity contribution >= 4 is 0 Å². The van der Waals surface area contributed by atoms with E-state index in [1.807, 2.05) is 50.2 Å². The SMILES string of the molecule is Cc1cc(CNCC(O)Cc2ccccc2)c(C)o1. The Morgan fingerprint density at radius 2 is 1.95 bits per heavy atom. The van der Waals surface area contributed by atoms with Gasteiger partial charge in [0, 0.05) is 18.7 Å². The third-order valence-electron chi connectivity index (χ3n) is 3.15. The number of aliphatic hydroxyl groups excluding tert-OH is 1. The Hall–Kier alpha value is -1.58. The first kappa shape index (κ1) is 13.8. The molecule has 1 atom stereocenters. The van der Waals surface area contributed by atoms with Crippen LogP contribution in [0.25, 0.3) is 0 Å². The maximum Gasteiger partial charge on any atom is 0.105 e. The van der Waals surface area contributed by atoms with Gasteiger partial charge in [-0.25, -0.2) is 0 Å². The number of nitrogens with one attached hydrogen (secondary N) is 1. The van der Waals surface area contributed by atoms with E-state index in [2.05, 4.69) is 5.32 Å². The summed E-state index contributed by atoms with van der Waals surface area (Å²) in [6, 6.07) is 12.1. The Kier molecular flexibility index (Phi) is 4.77. The molecule has 3 nitrogen and oxygen atoms in total. The molecule has 1 aromatic heterocycles. The fourth-order valence-electron chi connectivity index (χ4n) is 2.19. The van der Waals surface area contributed by atoms with Gasteiger partial charge in [-0.15, -0.1) is 0 Å². The largest absolute Gasteiger partial charge is 0.466 e. The van der Waals surface area contributed by atoms with Crippen molar-refractivity contribution in [2.75, 3.05) is 6.54 Å². The van der Waals surface area contributed by atoms with Crippen LogP contribution in [0.1, 0.15) is 22.6 Å². The number of benzene rings is 1. The highest BCUT2D eigenvalue weighted by atomic mass is 16.3. The van der Waals surface area contributed by atoms with Crippen molar-refractivity contribution in [3.63, 3.8) is 0 Å². The first-order chi connectivity index (χ1) is 9.15. The number of hydrogen-bond donors (Lipinski definition) is 2. The Morgan fingerprint density at radius 1 is 1.21 bits per heavy atom. The van der Waals surface area contributed by atoms with Crippen molar-refractivity contribution in [1.82, 2.24) is 5.32 Å². The molecule has 0 radical (unpaired) electrons. The normalized spacial score (nSPS) is 12.6. The van der Waals surface area contributed by atoms with Gasteiger partial charge in [0.25, 0.3) is 0 Å². The summed E-state index contributed by atoms with van der Waals surface area (Å²) in [6.45, 7) is 5.22. The molecule has 1 heterocycles. The summed E-state index contributed by atoms with van der Waals surface area (Å²) in [5.41, 5.74) is 2.32. The van der Waals surface area contributed by atoms with Crippen LogP contribution in [0.5, 0.6) is 0 Å². The van der Waals surface area contributed by atoms with Gasteiger partial charge in [-0.3, -0.25) is 0 Å². The molecule has 2 rings (SSSR count). The van der Waals surface area contributed by atoms with E-state index in [1.54, 1.807) is 0 Å². The molecule has 0 aliphatic heterocycles. The zero-order valence-corrected chi connectivity index (χ0v) is 11.5. The van der Waals surface area contributed by atoms with Crippen LogP contribution in [0.3, 0.4) is 0 Å². The van der Waals surface area contributed by atoms with E-state index in [-0.39, 0.29) is 6.10 Å². The Bertz CT molecular complexity index is 505. The van der Waals surface area contributed by atoms with E-state index in [1.165, 1.54) is 0 Å². The second-order valence-corrected chi connectivity index (χ2v) is 4.91. The highest BCUT2D eigenvalue weighted by Gasteiger charge is 2.07. The minimum Gasteiger partial charge on any atom is -0.466 e. The van der Waals surface area contributed by atoms with E-state index in [0.717, 1.165) is 29.2 Å². The summed E-state index contributed by atoms with van der Waals surface area (Å²) in [7, 11) is 0. The smallest absolute Gasteiger partial charge is 0.105 e. The topological polar surface area (TPSA) is 45.4 Å². The molecule has 0 saturated heterocycles. The molecular formula is C16H21NO2. The third-order valence-corrected chi connectivity index (χ3v) is 3.15. The Morgan fingerprint density at radius 3 is 2.58 bits per heavy atom. The molecule has 1 aromatic carbocycles. The van der Waals surface area contributed by atoms with Crippen molar-refractivity contribution in [3.8, 4) is 0 Å². The van der Waals surface area contributed by atoms with Crippen LogP contribution in [0, 0.1) is 13.8 Å². The van der Waals surface area contributed by atoms with Gasteiger partial charge in [-0.2, -0.15) is 0 Å². The minimum atomic E-state index is -0.365. The molecule has 0 bridgehead atoms. The number of aliphatic hydroxyl groups is 1. The molecule has 0 spiro atoms. The lowest BCUT2D eigenvalue weighted by molar-refractivity contribution is 0.171. The standard InChI is InChI=1S/C16H21NO2/c1-12-8-15(13(2)19-12)10-17-11-16(18)9-14-6-4-3-5-7-14/h3-8,16-18H,9-11H2,1-2H3. The predicted molar refractivity (Wildman–Crippen MR) is 76.0 cm³/mol. The summed E-state index contributed by atoms with van der Waals surface area (Å²) in [4.78, 5) is 0. The summed E-state index contributed by atoms with van der Waals surface area (Å²) < 4.78 is 5.47. The monoisotopic (exact) mass is 259 g/mol. The fourth-order valence-corrected chi connectivity index (χ4v) is 2.19. The molecule has 3 heteroatoms. The van der Waals surface area contributed by atoms with Gasteiger partial charge in [-0.1, -0.05) is 30.3 Å². The molecule has 2 N–H and O–H groups in total. The van der Waals surface area contributed by atoms with E-state index < -0.39 is 0 Å². The third kappa shape index (κ3) is 4.23. The van der Waals surface area contributed by atoms with Crippen LogP contribution in [0.15, 0.2) is 40.8 Å². The molecule has 0 saturated carbocycles. The second kappa shape index (κ2) is 6.55. The molecule has 2 aromatic rings. The van der Waals surface area contributed by atoms with Gasteiger partial charge < -0.3 is 14.8 Å². The molecule has 0 aliphatic rings. The quantitative estimate of drug-likeness (QED) is 0.838. The van der Waals surface area contributed by atoms with Crippen molar-refractivity contribution < 1.29 is 9.52 Å². The van der Waals surface area contributed by atoms with E-state index >= 15 is 0 Å². The molecule has 102 valence electrons. The van der Waals surface area contributed by atoms with Gasteiger partial charge in [0.1, 0.15) is 11.5 Å². The highest BCUT2D eigenvalue weighted by molar-refractivity contribution is 5.20. The zero-order chi connectivity index (χ0) is 13.7. The van der Waals surface area contributed by atoms with Crippen LogP contribution in [-0.4, -0.2) is 17.8 Å². The van der Waals surface area contributed by atoms with Crippen molar-refractivity contribution in [3.05, 3.63) is 59.0 Å². The van der Waals surface area contributed by atoms with Crippen LogP contribution >= 0.6 is 0 Å². The maximum absolute atomic E-state index is 9.97. The first-order valence-corrected chi connectivity index (χ1v) is 6.64. The van der Waals surface area contributed by atoms with Gasteiger partial charge in [0.15, 0.2) is 0 Å². The number of furan rings is 1. The van der Waals surface area contributed by atoms with Gasteiger partial charge >= 0.3 is 0 Å². The molecule has 19 heavy (non-hydrogen) atoms. The summed E-state index contributed by atoms with van der Waals surface area (Å²) >= 11 is 0. The number of hydrogen-bond acceptors (Lipinski definition) is 3. The molecule has 0 aliphatic carbocycles. The molecule has 1 unspecified atom stereocenters. The van der Waals surface area contributed by atoms with Crippen LogP contribution < -0.4 is 5.32 Å². The van der Waals surface area contributed by atoms with E-state index in [4.69, 9.17) is 4.42 Å². The number of aryl methyl sites for hydroxylation is 2. The van der Waals surface area contributed by atoms with Gasteiger partial charge in [-0.05, 0) is 31.9 Å².